The molecule has 0 unspecified atom stereocenters. The van der Waals surface area contributed by atoms with E-state index in [1.807, 2.05) is 6.07 Å². The van der Waals surface area contributed by atoms with Gasteiger partial charge in [-0.3, -0.25) is 0 Å². The van der Waals surface area contributed by atoms with Crippen molar-refractivity contribution >= 4 is 21.4 Å². The Bertz CT molecular complexity index is 476. The molecule has 1 aliphatic rings. The Morgan fingerprint density at radius 2 is 1.76 bits per heavy atom. The standard InChI is InChI=1S/C13H17ClO2S/c14-10-11-6-4-5-9-13(11)17(15,16)12-7-2-1-3-8-12/h4-6,9,12H,1-3,7-8,10H2. The lowest BCUT2D eigenvalue weighted by atomic mass is 10.0. The summed E-state index contributed by atoms with van der Waals surface area (Å²) in [4.78, 5) is 0.432. The van der Waals surface area contributed by atoms with Crippen LogP contribution in [0.15, 0.2) is 29.2 Å². The molecule has 0 spiro atoms. The first-order valence-corrected chi connectivity index (χ1v) is 8.12. The molecule has 1 aromatic rings. The predicted molar refractivity (Wildman–Crippen MR) is 70.1 cm³/mol. The van der Waals surface area contributed by atoms with Crippen molar-refractivity contribution in [1.82, 2.24) is 0 Å². The zero-order valence-corrected chi connectivity index (χ0v) is 11.3. The molecule has 0 saturated heterocycles. The third-order valence-corrected chi connectivity index (χ3v) is 6.06. The van der Waals surface area contributed by atoms with Gasteiger partial charge in [0.15, 0.2) is 9.84 Å². The molecule has 1 aromatic carbocycles. The fraction of sp³-hybridized carbons (Fsp3) is 0.538. The van der Waals surface area contributed by atoms with E-state index in [2.05, 4.69) is 0 Å². The molecule has 0 aliphatic heterocycles. The highest BCUT2D eigenvalue weighted by Gasteiger charge is 2.30. The van der Waals surface area contributed by atoms with Gasteiger partial charge in [0.25, 0.3) is 0 Å². The van der Waals surface area contributed by atoms with Gasteiger partial charge in [-0.1, -0.05) is 37.5 Å². The van der Waals surface area contributed by atoms with Gasteiger partial charge in [0.1, 0.15) is 0 Å². The summed E-state index contributed by atoms with van der Waals surface area (Å²) in [7, 11) is -3.19. The SMILES string of the molecule is O=S(=O)(c1ccccc1CCl)C1CCCCC1. The fourth-order valence-electron chi connectivity index (χ4n) is 2.45. The number of rotatable bonds is 3. The molecule has 0 bridgehead atoms. The van der Waals surface area contributed by atoms with Crippen LogP contribution in [0, 0.1) is 0 Å². The number of hydrogen-bond acceptors (Lipinski definition) is 2. The molecule has 94 valence electrons. The fourth-order valence-corrected chi connectivity index (χ4v) is 4.85. The van der Waals surface area contributed by atoms with Crippen molar-refractivity contribution in [3.05, 3.63) is 29.8 Å². The lowest BCUT2D eigenvalue weighted by molar-refractivity contribution is 0.483. The van der Waals surface area contributed by atoms with Gasteiger partial charge >= 0.3 is 0 Å². The minimum absolute atomic E-state index is 0.208. The summed E-state index contributed by atoms with van der Waals surface area (Å²) in [6, 6.07) is 7.08. The van der Waals surface area contributed by atoms with Crippen molar-refractivity contribution < 1.29 is 8.42 Å². The van der Waals surface area contributed by atoms with E-state index in [9.17, 15) is 8.42 Å². The maximum Gasteiger partial charge on any atom is 0.181 e. The molecular weight excluding hydrogens is 256 g/mol. The van der Waals surface area contributed by atoms with Crippen molar-refractivity contribution in [3.63, 3.8) is 0 Å². The van der Waals surface area contributed by atoms with E-state index in [1.165, 1.54) is 0 Å². The lowest BCUT2D eigenvalue weighted by Crippen LogP contribution is -2.24. The third-order valence-electron chi connectivity index (χ3n) is 3.41. The van der Waals surface area contributed by atoms with Crippen LogP contribution in [0.1, 0.15) is 37.7 Å². The largest absolute Gasteiger partial charge is 0.223 e. The normalized spacial score (nSPS) is 18.2. The second-order valence-corrected chi connectivity index (χ2v) is 7.01. The molecule has 0 amide bonds. The molecule has 17 heavy (non-hydrogen) atoms. The second-order valence-electron chi connectivity index (χ2n) is 4.55. The summed E-state index contributed by atoms with van der Waals surface area (Å²) in [5, 5.41) is -0.208. The molecular formula is C13H17ClO2S. The lowest BCUT2D eigenvalue weighted by Gasteiger charge is -2.22. The van der Waals surface area contributed by atoms with E-state index < -0.39 is 9.84 Å². The maximum atomic E-state index is 12.5. The van der Waals surface area contributed by atoms with Gasteiger partial charge in [-0.25, -0.2) is 8.42 Å². The summed E-state index contributed by atoms with van der Waals surface area (Å²) < 4.78 is 25.0. The number of benzene rings is 1. The van der Waals surface area contributed by atoms with Crippen LogP contribution in [0.4, 0.5) is 0 Å². The Morgan fingerprint density at radius 1 is 1.12 bits per heavy atom. The van der Waals surface area contributed by atoms with Gasteiger partial charge in [0.2, 0.25) is 0 Å². The highest BCUT2D eigenvalue weighted by atomic mass is 35.5. The zero-order chi connectivity index (χ0) is 12.3. The zero-order valence-electron chi connectivity index (χ0n) is 9.73. The average molecular weight is 273 g/mol. The molecule has 0 aromatic heterocycles. The molecule has 4 heteroatoms. The van der Waals surface area contributed by atoms with Gasteiger partial charge in [0, 0.05) is 5.88 Å². The van der Waals surface area contributed by atoms with E-state index in [4.69, 9.17) is 11.6 Å². The van der Waals surface area contributed by atoms with E-state index in [0.717, 1.165) is 37.7 Å². The number of sulfone groups is 1. The molecule has 0 atom stereocenters. The Hall–Kier alpha value is -0.540. The van der Waals surface area contributed by atoms with E-state index in [0.29, 0.717) is 4.90 Å². The van der Waals surface area contributed by atoms with Crippen molar-refractivity contribution in [2.75, 3.05) is 0 Å². The molecule has 1 aliphatic carbocycles. The number of alkyl halides is 1. The highest BCUT2D eigenvalue weighted by Crippen LogP contribution is 2.30. The third kappa shape index (κ3) is 2.66. The first-order valence-electron chi connectivity index (χ1n) is 6.04. The van der Waals surface area contributed by atoms with Crippen LogP contribution in [0.25, 0.3) is 0 Å². The predicted octanol–water partition coefficient (Wildman–Crippen LogP) is 3.53. The summed E-state index contributed by atoms with van der Waals surface area (Å²) >= 11 is 5.81. The van der Waals surface area contributed by atoms with Crippen molar-refractivity contribution in [2.24, 2.45) is 0 Å². The summed E-state index contributed by atoms with van der Waals surface area (Å²) in [6.07, 6.45) is 4.78. The monoisotopic (exact) mass is 272 g/mol. The Morgan fingerprint density at radius 3 is 2.41 bits per heavy atom. The molecule has 2 rings (SSSR count). The van der Waals surface area contributed by atoms with E-state index in [-0.39, 0.29) is 11.1 Å². The highest BCUT2D eigenvalue weighted by molar-refractivity contribution is 7.92. The number of halogens is 1. The molecule has 2 nitrogen and oxygen atoms in total. The van der Waals surface area contributed by atoms with Crippen LogP contribution in [-0.4, -0.2) is 13.7 Å². The van der Waals surface area contributed by atoms with Crippen LogP contribution in [0.3, 0.4) is 0 Å². The molecule has 1 saturated carbocycles. The molecule has 0 heterocycles. The first kappa shape index (κ1) is 12.9. The van der Waals surface area contributed by atoms with Crippen molar-refractivity contribution in [3.8, 4) is 0 Å². The van der Waals surface area contributed by atoms with E-state index >= 15 is 0 Å². The summed E-state index contributed by atoms with van der Waals surface area (Å²) in [5.74, 6) is 0.252. The minimum Gasteiger partial charge on any atom is -0.223 e. The first-order chi connectivity index (χ1) is 8.16. The van der Waals surface area contributed by atoms with Crippen LogP contribution in [-0.2, 0) is 15.7 Å². The average Bonchev–Trinajstić information content (AvgIpc) is 2.39. The second kappa shape index (κ2) is 5.40. The van der Waals surface area contributed by atoms with Crippen LogP contribution in [0.5, 0.6) is 0 Å². The Kier molecular flexibility index (Phi) is 4.10. The number of hydrogen-bond donors (Lipinski definition) is 0. The molecule has 1 fully saturated rings. The molecule has 0 N–H and O–H groups in total. The van der Waals surface area contributed by atoms with Crippen molar-refractivity contribution in [2.45, 2.75) is 48.1 Å². The quantitative estimate of drug-likeness (QED) is 0.789. The minimum atomic E-state index is -3.19. The Labute approximate surface area is 108 Å². The van der Waals surface area contributed by atoms with Crippen molar-refractivity contribution in [1.29, 1.82) is 0 Å². The van der Waals surface area contributed by atoms with E-state index in [1.54, 1.807) is 18.2 Å². The van der Waals surface area contributed by atoms with Gasteiger partial charge in [-0.2, -0.15) is 0 Å². The molecule has 0 radical (unpaired) electrons. The smallest absolute Gasteiger partial charge is 0.181 e. The summed E-state index contributed by atoms with van der Waals surface area (Å²) in [6.45, 7) is 0. The maximum absolute atomic E-state index is 12.5. The van der Waals surface area contributed by atoms with Crippen LogP contribution < -0.4 is 0 Å². The van der Waals surface area contributed by atoms with Gasteiger partial charge in [0.05, 0.1) is 10.1 Å². The van der Waals surface area contributed by atoms with Gasteiger partial charge < -0.3 is 0 Å². The van der Waals surface area contributed by atoms with Crippen LogP contribution >= 0.6 is 11.6 Å². The Balaban J connectivity index is 2.36. The van der Waals surface area contributed by atoms with Gasteiger partial charge in [-0.15, -0.1) is 11.6 Å². The topological polar surface area (TPSA) is 34.1 Å². The summed E-state index contributed by atoms with van der Waals surface area (Å²) in [5.41, 5.74) is 0.722. The van der Waals surface area contributed by atoms with Gasteiger partial charge in [-0.05, 0) is 24.5 Å². The van der Waals surface area contributed by atoms with Crippen LogP contribution in [0.2, 0.25) is 0 Å².